The largest absolute Gasteiger partial charge is 0.436 e. The van der Waals surface area contributed by atoms with Crippen molar-refractivity contribution < 1.29 is 14.0 Å². The van der Waals surface area contributed by atoms with Gasteiger partial charge in [0.2, 0.25) is 11.8 Å². The number of rotatable bonds is 5. The molecule has 5 rings (SSSR count). The van der Waals surface area contributed by atoms with Crippen molar-refractivity contribution in [1.82, 2.24) is 9.88 Å². The summed E-state index contributed by atoms with van der Waals surface area (Å²) in [5.41, 5.74) is 5.94. The predicted molar refractivity (Wildman–Crippen MR) is 142 cm³/mol. The van der Waals surface area contributed by atoms with Gasteiger partial charge in [0.1, 0.15) is 5.52 Å². The van der Waals surface area contributed by atoms with Crippen LogP contribution >= 0.6 is 0 Å². The van der Waals surface area contributed by atoms with Gasteiger partial charge >= 0.3 is 0 Å². The molecule has 1 aliphatic heterocycles. The number of aromatic nitrogens is 1. The minimum absolute atomic E-state index is 0.00745. The third-order valence-corrected chi connectivity index (χ3v) is 7.09. The van der Waals surface area contributed by atoms with Crippen LogP contribution in [0.4, 0.5) is 5.69 Å². The van der Waals surface area contributed by atoms with Crippen molar-refractivity contribution in [2.45, 2.75) is 33.6 Å². The van der Waals surface area contributed by atoms with Crippen LogP contribution in [0.5, 0.6) is 0 Å². The van der Waals surface area contributed by atoms with E-state index >= 15 is 0 Å². The number of piperidine rings is 1. The lowest BCUT2D eigenvalue weighted by Crippen LogP contribution is -2.41. The van der Waals surface area contributed by atoms with E-state index in [9.17, 15) is 9.59 Å². The summed E-state index contributed by atoms with van der Waals surface area (Å²) in [5.74, 6) is 0.698. The van der Waals surface area contributed by atoms with Crippen molar-refractivity contribution in [3.8, 4) is 11.5 Å². The van der Waals surface area contributed by atoms with Crippen LogP contribution in [0.25, 0.3) is 22.6 Å². The molecule has 1 atom stereocenters. The molecule has 0 radical (unpaired) electrons. The second-order valence-electron chi connectivity index (χ2n) is 9.85. The number of amides is 2. The number of hydrogen-bond acceptors (Lipinski definition) is 4. The Morgan fingerprint density at radius 1 is 0.972 bits per heavy atom. The molecule has 3 aromatic carbocycles. The van der Waals surface area contributed by atoms with Crippen LogP contribution in [0, 0.1) is 25.7 Å². The number of benzene rings is 3. The molecule has 0 aliphatic carbocycles. The van der Waals surface area contributed by atoms with E-state index in [-0.39, 0.29) is 23.7 Å². The van der Waals surface area contributed by atoms with Crippen LogP contribution in [0.1, 0.15) is 41.3 Å². The molecule has 2 heterocycles. The Balaban J connectivity index is 1.21. The van der Waals surface area contributed by atoms with Gasteiger partial charge in [0.25, 0.3) is 5.91 Å². The SMILES string of the molecule is Cc1cc(C)cc(NC(=O)[C@@H](C)C2CCN(C(=O)c3ccc4oc(-c5ccccc5)nc4c3)CC2)c1. The van der Waals surface area contributed by atoms with Crippen molar-refractivity contribution in [1.29, 1.82) is 0 Å². The number of hydrogen-bond donors (Lipinski definition) is 1. The number of likely N-dealkylation sites (tertiary alicyclic amines) is 1. The van der Waals surface area contributed by atoms with Crippen molar-refractivity contribution in [3.05, 3.63) is 83.4 Å². The number of oxazole rings is 1. The van der Waals surface area contributed by atoms with Gasteiger partial charge in [-0.3, -0.25) is 9.59 Å². The van der Waals surface area contributed by atoms with Crippen molar-refractivity contribution >= 4 is 28.6 Å². The van der Waals surface area contributed by atoms with Crippen LogP contribution in [-0.4, -0.2) is 34.8 Å². The Hall–Kier alpha value is -3.93. The average molecular weight is 482 g/mol. The number of carbonyl (C=O) groups excluding carboxylic acids is 2. The minimum Gasteiger partial charge on any atom is -0.436 e. The summed E-state index contributed by atoms with van der Waals surface area (Å²) >= 11 is 0. The first kappa shape index (κ1) is 23.8. The lowest BCUT2D eigenvalue weighted by molar-refractivity contribution is -0.121. The molecule has 0 bridgehead atoms. The molecule has 0 unspecified atom stereocenters. The van der Waals surface area contributed by atoms with Crippen molar-refractivity contribution in [2.75, 3.05) is 18.4 Å². The highest BCUT2D eigenvalue weighted by molar-refractivity contribution is 5.97. The van der Waals surface area contributed by atoms with Gasteiger partial charge in [0, 0.05) is 35.8 Å². The Kier molecular flexibility index (Phi) is 6.59. The molecule has 36 heavy (non-hydrogen) atoms. The fourth-order valence-electron chi connectivity index (χ4n) is 5.07. The molecule has 1 aromatic heterocycles. The maximum atomic E-state index is 13.2. The number of aryl methyl sites for hydroxylation is 2. The summed E-state index contributed by atoms with van der Waals surface area (Å²) in [6.45, 7) is 7.32. The minimum atomic E-state index is -0.119. The van der Waals surface area contributed by atoms with E-state index in [0.29, 0.717) is 35.6 Å². The topological polar surface area (TPSA) is 75.4 Å². The Morgan fingerprint density at radius 2 is 1.67 bits per heavy atom. The number of anilines is 1. The molecule has 1 aliphatic rings. The van der Waals surface area contributed by atoms with E-state index in [1.54, 1.807) is 12.1 Å². The van der Waals surface area contributed by atoms with E-state index in [2.05, 4.69) is 16.4 Å². The molecule has 0 saturated carbocycles. The van der Waals surface area contributed by atoms with Crippen LogP contribution in [0.2, 0.25) is 0 Å². The van der Waals surface area contributed by atoms with Gasteiger partial charge in [-0.2, -0.15) is 0 Å². The maximum absolute atomic E-state index is 13.2. The molecule has 1 saturated heterocycles. The number of fused-ring (bicyclic) bond motifs is 1. The Labute approximate surface area is 211 Å². The number of nitrogens with one attached hydrogen (secondary N) is 1. The van der Waals surface area contributed by atoms with E-state index in [1.165, 1.54) is 0 Å². The third kappa shape index (κ3) is 5.03. The highest BCUT2D eigenvalue weighted by Gasteiger charge is 2.30. The van der Waals surface area contributed by atoms with Crippen molar-refractivity contribution in [3.63, 3.8) is 0 Å². The Morgan fingerprint density at radius 3 is 2.36 bits per heavy atom. The standard InChI is InChI=1S/C30H31N3O3/c1-19-15-20(2)17-25(16-19)31-28(34)21(3)22-11-13-33(14-12-22)30(35)24-9-10-27-26(18-24)32-29(36-27)23-7-5-4-6-8-23/h4-10,15-18,21-22H,11-14H2,1-3H3,(H,31,34)/t21-/m0/s1. The molecule has 1 fully saturated rings. The molecular weight excluding hydrogens is 450 g/mol. The third-order valence-electron chi connectivity index (χ3n) is 7.09. The second-order valence-corrected chi connectivity index (χ2v) is 9.85. The summed E-state index contributed by atoms with van der Waals surface area (Å²) < 4.78 is 5.88. The second kappa shape index (κ2) is 9.97. The molecule has 0 spiro atoms. The van der Waals surface area contributed by atoms with E-state index in [0.717, 1.165) is 35.2 Å². The highest BCUT2D eigenvalue weighted by atomic mass is 16.3. The molecule has 6 heteroatoms. The lowest BCUT2D eigenvalue weighted by Gasteiger charge is -2.34. The summed E-state index contributed by atoms with van der Waals surface area (Å²) in [4.78, 5) is 32.6. The average Bonchev–Trinajstić information content (AvgIpc) is 3.31. The molecule has 184 valence electrons. The van der Waals surface area contributed by atoms with Gasteiger partial charge in [-0.25, -0.2) is 4.98 Å². The predicted octanol–water partition coefficient (Wildman–Crippen LogP) is 6.24. The van der Waals surface area contributed by atoms with Crippen molar-refractivity contribution in [2.24, 2.45) is 11.8 Å². The maximum Gasteiger partial charge on any atom is 0.253 e. The summed E-state index contributed by atoms with van der Waals surface area (Å²) in [6, 6.07) is 21.2. The first-order valence-electron chi connectivity index (χ1n) is 12.5. The van der Waals surface area contributed by atoms with Crippen LogP contribution in [0.3, 0.4) is 0 Å². The zero-order valence-corrected chi connectivity index (χ0v) is 21.0. The van der Waals surface area contributed by atoms with Gasteiger partial charge in [-0.15, -0.1) is 0 Å². The van der Waals surface area contributed by atoms with Gasteiger partial charge < -0.3 is 14.6 Å². The Bertz CT molecular complexity index is 1380. The summed E-state index contributed by atoms with van der Waals surface area (Å²) in [6.07, 6.45) is 1.61. The molecular formula is C30H31N3O3. The zero-order valence-electron chi connectivity index (χ0n) is 21.0. The first-order chi connectivity index (χ1) is 17.4. The fourth-order valence-corrected chi connectivity index (χ4v) is 5.07. The quantitative estimate of drug-likeness (QED) is 0.366. The van der Waals surface area contributed by atoms with E-state index < -0.39 is 0 Å². The van der Waals surface area contributed by atoms with Gasteiger partial charge in [-0.1, -0.05) is 31.2 Å². The monoisotopic (exact) mass is 481 g/mol. The fraction of sp³-hybridized carbons (Fsp3) is 0.300. The normalized spacial score (nSPS) is 15.1. The van der Waals surface area contributed by atoms with E-state index in [4.69, 9.17) is 4.42 Å². The molecule has 2 amide bonds. The molecule has 4 aromatic rings. The molecule has 1 N–H and O–H groups in total. The van der Waals surface area contributed by atoms with Crippen LogP contribution in [0.15, 0.2) is 71.1 Å². The highest BCUT2D eigenvalue weighted by Crippen LogP contribution is 2.29. The number of nitrogens with zero attached hydrogens (tertiary/aromatic N) is 2. The first-order valence-corrected chi connectivity index (χ1v) is 12.5. The lowest BCUT2D eigenvalue weighted by atomic mass is 9.84. The molecule has 6 nitrogen and oxygen atoms in total. The zero-order chi connectivity index (χ0) is 25.2. The van der Waals surface area contributed by atoms with Gasteiger partial charge in [-0.05, 0) is 86.2 Å². The van der Waals surface area contributed by atoms with E-state index in [1.807, 2.05) is 74.2 Å². The van der Waals surface area contributed by atoms with Crippen LogP contribution < -0.4 is 5.32 Å². The number of carbonyl (C=O) groups is 2. The van der Waals surface area contributed by atoms with Crippen LogP contribution in [-0.2, 0) is 4.79 Å². The van der Waals surface area contributed by atoms with Gasteiger partial charge in [0.15, 0.2) is 5.58 Å². The summed E-state index contributed by atoms with van der Waals surface area (Å²) in [7, 11) is 0. The smallest absolute Gasteiger partial charge is 0.253 e. The summed E-state index contributed by atoms with van der Waals surface area (Å²) in [5, 5.41) is 3.08. The van der Waals surface area contributed by atoms with Gasteiger partial charge in [0.05, 0.1) is 0 Å².